The molecule has 0 bridgehead atoms. The number of benzene rings is 2. The molecule has 2 aliphatic heterocycles. The Bertz CT molecular complexity index is 1050. The number of ether oxygens (including phenoxy) is 3. The first-order valence-electron chi connectivity index (χ1n) is 10.8. The lowest BCUT2D eigenvalue weighted by molar-refractivity contribution is -0.134. The van der Waals surface area contributed by atoms with Crippen molar-refractivity contribution in [2.75, 3.05) is 33.4 Å². The zero-order valence-electron chi connectivity index (χ0n) is 18.7. The molecule has 1 fully saturated rings. The van der Waals surface area contributed by atoms with E-state index >= 15 is 0 Å². The third-order valence-corrected chi connectivity index (χ3v) is 5.80. The second kappa shape index (κ2) is 9.40. The summed E-state index contributed by atoms with van der Waals surface area (Å²) in [6.07, 6.45) is 1.38. The number of carbonyl (C=O) groups excluding carboxylic acids is 3. The van der Waals surface area contributed by atoms with Crippen LogP contribution >= 0.6 is 0 Å². The minimum atomic E-state index is -1.30. The Morgan fingerprint density at radius 2 is 1.85 bits per heavy atom. The molecule has 2 aromatic rings. The second-order valence-corrected chi connectivity index (χ2v) is 8.11. The highest BCUT2D eigenvalue weighted by molar-refractivity contribution is 6.09. The maximum Gasteiger partial charge on any atom is 0.325 e. The van der Waals surface area contributed by atoms with E-state index in [-0.39, 0.29) is 6.54 Å². The number of hydrogen-bond donors (Lipinski definition) is 2. The molecule has 4 rings (SSSR count). The third-order valence-electron chi connectivity index (χ3n) is 5.80. The number of amides is 4. The first-order chi connectivity index (χ1) is 15.9. The minimum Gasteiger partial charge on any atom is -0.497 e. The van der Waals surface area contributed by atoms with Gasteiger partial charge in [0, 0.05) is 13.0 Å². The van der Waals surface area contributed by atoms with E-state index in [4.69, 9.17) is 14.2 Å². The van der Waals surface area contributed by atoms with Crippen LogP contribution in [0.5, 0.6) is 17.2 Å². The molecule has 1 atom stereocenters. The monoisotopic (exact) mass is 453 g/mol. The van der Waals surface area contributed by atoms with Gasteiger partial charge in [0.1, 0.15) is 17.8 Å². The molecule has 2 N–H and O–H groups in total. The molecular formula is C24H27N3O6. The molecule has 2 aromatic carbocycles. The summed E-state index contributed by atoms with van der Waals surface area (Å²) in [4.78, 5) is 39.1. The van der Waals surface area contributed by atoms with Crippen LogP contribution in [0, 0.1) is 0 Å². The zero-order chi connectivity index (χ0) is 23.4. The van der Waals surface area contributed by atoms with Crippen molar-refractivity contribution in [2.45, 2.75) is 25.3 Å². The molecule has 2 heterocycles. The van der Waals surface area contributed by atoms with Crippen molar-refractivity contribution < 1.29 is 28.6 Å². The summed E-state index contributed by atoms with van der Waals surface area (Å²) in [7, 11) is 1.60. The number of fused-ring (bicyclic) bond motifs is 1. The Morgan fingerprint density at radius 3 is 2.58 bits per heavy atom. The molecular weight excluding hydrogens is 426 g/mol. The van der Waals surface area contributed by atoms with Crippen molar-refractivity contribution in [2.24, 2.45) is 0 Å². The van der Waals surface area contributed by atoms with E-state index in [1.54, 1.807) is 32.2 Å². The standard InChI is InChI=1S/C24H27N3O6/c1-24(17-6-9-19-20(14-17)33-13-3-12-32-19)22(29)27(23(30)26-24)15-21(28)25-11-10-16-4-7-18(31-2)8-5-16/h4-9,14H,3,10-13,15H2,1-2H3,(H,25,28)(H,26,30). The number of urea groups is 1. The maximum absolute atomic E-state index is 13.1. The van der Waals surface area contributed by atoms with Crippen molar-refractivity contribution in [1.29, 1.82) is 0 Å². The molecule has 4 amide bonds. The quantitative estimate of drug-likeness (QED) is 0.621. The van der Waals surface area contributed by atoms with E-state index in [2.05, 4.69) is 10.6 Å². The Hall–Kier alpha value is -3.75. The van der Waals surface area contributed by atoms with Gasteiger partial charge in [-0.2, -0.15) is 0 Å². The average molecular weight is 453 g/mol. The number of rotatable bonds is 7. The van der Waals surface area contributed by atoms with Gasteiger partial charge in [0.05, 0.1) is 20.3 Å². The molecule has 33 heavy (non-hydrogen) atoms. The van der Waals surface area contributed by atoms with Crippen LogP contribution in [-0.2, 0) is 21.5 Å². The zero-order valence-corrected chi connectivity index (χ0v) is 18.7. The SMILES string of the molecule is COc1ccc(CCNC(=O)CN2C(=O)NC(C)(c3ccc4c(c3)OCCCO4)C2=O)cc1. The highest BCUT2D eigenvalue weighted by atomic mass is 16.5. The maximum atomic E-state index is 13.1. The van der Waals surface area contributed by atoms with E-state index in [1.165, 1.54) is 0 Å². The van der Waals surface area contributed by atoms with Gasteiger partial charge in [-0.25, -0.2) is 4.79 Å². The van der Waals surface area contributed by atoms with Crippen LogP contribution < -0.4 is 24.8 Å². The molecule has 1 unspecified atom stereocenters. The van der Waals surface area contributed by atoms with Gasteiger partial charge >= 0.3 is 6.03 Å². The van der Waals surface area contributed by atoms with Crippen molar-refractivity contribution in [3.05, 3.63) is 53.6 Å². The van der Waals surface area contributed by atoms with Gasteiger partial charge in [0.2, 0.25) is 5.91 Å². The largest absolute Gasteiger partial charge is 0.497 e. The molecule has 0 radical (unpaired) electrons. The highest BCUT2D eigenvalue weighted by Gasteiger charge is 2.49. The number of carbonyl (C=O) groups is 3. The Morgan fingerprint density at radius 1 is 1.12 bits per heavy atom. The lowest BCUT2D eigenvalue weighted by Gasteiger charge is -2.23. The van der Waals surface area contributed by atoms with Crippen molar-refractivity contribution in [3.8, 4) is 17.2 Å². The van der Waals surface area contributed by atoms with Crippen molar-refractivity contribution in [1.82, 2.24) is 15.5 Å². The van der Waals surface area contributed by atoms with Gasteiger partial charge < -0.3 is 24.8 Å². The van der Waals surface area contributed by atoms with E-state index in [1.807, 2.05) is 24.3 Å². The van der Waals surface area contributed by atoms with Crippen LogP contribution in [0.25, 0.3) is 0 Å². The lowest BCUT2D eigenvalue weighted by Crippen LogP contribution is -2.43. The molecule has 2 aliphatic rings. The molecule has 1 saturated heterocycles. The lowest BCUT2D eigenvalue weighted by atomic mass is 9.91. The fourth-order valence-electron chi connectivity index (χ4n) is 3.85. The van der Waals surface area contributed by atoms with Crippen molar-refractivity contribution in [3.63, 3.8) is 0 Å². The van der Waals surface area contributed by atoms with E-state index in [9.17, 15) is 14.4 Å². The van der Waals surface area contributed by atoms with Gasteiger partial charge in [-0.05, 0) is 48.7 Å². The topological polar surface area (TPSA) is 106 Å². The van der Waals surface area contributed by atoms with E-state index in [0.717, 1.165) is 22.6 Å². The van der Waals surface area contributed by atoms with Crippen LogP contribution in [0.4, 0.5) is 4.79 Å². The van der Waals surface area contributed by atoms with Crippen LogP contribution in [0.15, 0.2) is 42.5 Å². The van der Waals surface area contributed by atoms with Crippen LogP contribution in [-0.4, -0.2) is 56.2 Å². The molecule has 0 aromatic heterocycles. The van der Waals surface area contributed by atoms with E-state index in [0.29, 0.717) is 43.2 Å². The summed E-state index contributed by atoms with van der Waals surface area (Å²) < 4.78 is 16.5. The fourth-order valence-corrected chi connectivity index (χ4v) is 3.85. The normalized spacial score (nSPS) is 19.6. The Balaban J connectivity index is 1.37. The summed E-state index contributed by atoms with van der Waals surface area (Å²) in [6.45, 7) is 2.71. The number of nitrogens with one attached hydrogen (secondary N) is 2. The molecule has 0 spiro atoms. The number of nitrogens with zero attached hydrogens (tertiary/aromatic N) is 1. The summed E-state index contributed by atoms with van der Waals surface area (Å²) in [6, 6.07) is 12.1. The van der Waals surface area contributed by atoms with Crippen LogP contribution in [0.1, 0.15) is 24.5 Å². The van der Waals surface area contributed by atoms with Crippen molar-refractivity contribution >= 4 is 17.8 Å². The molecule has 0 saturated carbocycles. The number of imide groups is 1. The van der Waals surface area contributed by atoms with Gasteiger partial charge in [-0.15, -0.1) is 0 Å². The van der Waals surface area contributed by atoms with Gasteiger partial charge in [-0.1, -0.05) is 18.2 Å². The highest BCUT2D eigenvalue weighted by Crippen LogP contribution is 2.36. The van der Waals surface area contributed by atoms with E-state index < -0.39 is 23.4 Å². The van der Waals surface area contributed by atoms with Crippen LogP contribution in [0.3, 0.4) is 0 Å². The fraction of sp³-hybridized carbons (Fsp3) is 0.375. The molecule has 0 aliphatic carbocycles. The van der Waals surface area contributed by atoms with Gasteiger partial charge in [0.15, 0.2) is 11.5 Å². The predicted molar refractivity (Wildman–Crippen MR) is 119 cm³/mol. The molecule has 9 heteroatoms. The second-order valence-electron chi connectivity index (χ2n) is 8.11. The smallest absolute Gasteiger partial charge is 0.325 e. The van der Waals surface area contributed by atoms with Gasteiger partial charge in [-0.3, -0.25) is 14.5 Å². The summed E-state index contributed by atoms with van der Waals surface area (Å²) in [5.74, 6) is 0.993. The summed E-state index contributed by atoms with van der Waals surface area (Å²) in [5, 5.41) is 5.48. The molecule has 174 valence electrons. The number of methoxy groups -OCH3 is 1. The number of hydrogen-bond acceptors (Lipinski definition) is 6. The summed E-state index contributed by atoms with van der Waals surface area (Å²) >= 11 is 0. The van der Waals surface area contributed by atoms with Crippen LogP contribution in [0.2, 0.25) is 0 Å². The third kappa shape index (κ3) is 4.72. The predicted octanol–water partition coefficient (Wildman–Crippen LogP) is 1.98. The molecule has 9 nitrogen and oxygen atoms in total. The summed E-state index contributed by atoms with van der Waals surface area (Å²) in [5.41, 5.74) is 0.297. The minimum absolute atomic E-state index is 0.354. The Kier molecular flexibility index (Phi) is 6.39. The first kappa shape index (κ1) is 22.4. The average Bonchev–Trinajstić information content (AvgIpc) is 2.97. The first-order valence-corrected chi connectivity index (χ1v) is 10.8. The van der Waals surface area contributed by atoms with Gasteiger partial charge in [0.25, 0.3) is 5.91 Å². The Labute approximate surface area is 192 Å².